The summed E-state index contributed by atoms with van der Waals surface area (Å²) in [5.74, 6) is 0. The number of nitrogens with zero attached hydrogens (tertiary/aromatic N) is 2. The van der Waals surface area contributed by atoms with Gasteiger partial charge in [0.1, 0.15) is 6.33 Å². The first-order chi connectivity index (χ1) is 6.85. The number of hydrogen-bond donors (Lipinski definition) is 2. The van der Waals surface area contributed by atoms with Gasteiger partial charge in [0, 0.05) is 31.3 Å². The van der Waals surface area contributed by atoms with Crippen LogP contribution in [0.4, 0.5) is 0 Å². The molecule has 4 nitrogen and oxygen atoms in total. The van der Waals surface area contributed by atoms with Crippen molar-refractivity contribution in [3.63, 3.8) is 0 Å². The Kier molecular flexibility index (Phi) is 2.74. The highest BCUT2D eigenvalue weighted by Crippen LogP contribution is 2.44. The first-order valence-corrected chi connectivity index (χ1v) is 4.91. The molecule has 1 saturated carbocycles. The second kappa shape index (κ2) is 4.02. The third-order valence-corrected chi connectivity index (χ3v) is 2.74. The van der Waals surface area contributed by atoms with Gasteiger partial charge in [0.05, 0.1) is 5.69 Å². The molecule has 0 unspecified atom stereocenters. The Labute approximate surface area is 83.4 Å². The highest BCUT2D eigenvalue weighted by Gasteiger charge is 2.41. The van der Waals surface area contributed by atoms with Gasteiger partial charge in [-0.3, -0.25) is 0 Å². The summed E-state index contributed by atoms with van der Waals surface area (Å²) in [7, 11) is 0. The van der Waals surface area contributed by atoms with E-state index in [2.05, 4.69) is 15.3 Å². The van der Waals surface area contributed by atoms with Gasteiger partial charge in [-0.05, 0) is 18.9 Å². The van der Waals surface area contributed by atoms with Gasteiger partial charge >= 0.3 is 0 Å². The molecule has 14 heavy (non-hydrogen) atoms. The first-order valence-electron chi connectivity index (χ1n) is 4.91. The minimum absolute atomic E-state index is 0.174. The van der Waals surface area contributed by atoms with Gasteiger partial charge in [-0.1, -0.05) is 0 Å². The minimum atomic E-state index is 0.174. The van der Waals surface area contributed by atoms with Gasteiger partial charge in [0.15, 0.2) is 0 Å². The van der Waals surface area contributed by atoms with Crippen molar-refractivity contribution in [2.45, 2.75) is 19.4 Å². The molecule has 1 aliphatic rings. The molecule has 0 spiro atoms. The molecule has 1 aromatic rings. The molecule has 1 aromatic heterocycles. The number of nitrogens with one attached hydrogen (secondary N) is 1. The van der Waals surface area contributed by atoms with E-state index in [4.69, 9.17) is 5.11 Å². The van der Waals surface area contributed by atoms with Gasteiger partial charge in [-0.15, -0.1) is 0 Å². The van der Waals surface area contributed by atoms with Gasteiger partial charge in [-0.2, -0.15) is 0 Å². The van der Waals surface area contributed by atoms with Crippen LogP contribution in [0.25, 0.3) is 0 Å². The van der Waals surface area contributed by atoms with E-state index in [-0.39, 0.29) is 5.41 Å². The quantitative estimate of drug-likeness (QED) is 0.708. The van der Waals surface area contributed by atoms with Crippen LogP contribution in [0.2, 0.25) is 0 Å². The zero-order valence-corrected chi connectivity index (χ0v) is 8.11. The van der Waals surface area contributed by atoms with Crippen LogP contribution in [0.1, 0.15) is 18.5 Å². The summed E-state index contributed by atoms with van der Waals surface area (Å²) in [6.45, 7) is 1.93. The summed E-state index contributed by atoms with van der Waals surface area (Å²) in [6.07, 6.45) is 5.57. The average Bonchev–Trinajstić information content (AvgIpc) is 3.00. The fourth-order valence-corrected chi connectivity index (χ4v) is 1.45. The van der Waals surface area contributed by atoms with Gasteiger partial charge in [0.2, 0.25) is 0 Å². The summed E-state index contributed by atoms with van der Waals surface area (Å²) in [5.41, 5.74) is 1.17. The van der Waals surface area contributed by atoms with Crippen LogP contribution in [-0.2, 0) is 6.54 Å². The number of aliphatic hydroxyl groups excluding tert-OH is 1. The summed E-state index contributed by atoms with van der Waals surface area (Å²) in [5, 5.41) is 12.4. The average molecular weight is 193 g/mol. The predicted octanol–water partition coefficient (Wildman–Crippen LogP) is 0.339. The molecule has 0 aliphatic heterocycles. The van der Waals surface area contributed by atoms with E-state index in [9.17, 15) is 0 Å². The van der Waals surface area contributed by atoms with Crippen molar-refractivity contribution in [1.29, 1.82) is 0 Å². The SMILES string of the molecule is OCC1(CNCc2ccncn2)CC1. The van der Waals surface area contributed by atoms with Crippen molar-refractivity contribution in [2.75, 3.05) is 13.2 Å². The maximum atomic E-state index is 9.09. The first kappa shape index (κ1) is 9.55. The highest BCUT2D eigenvalue weighted by molar-refractivity contribution is 4.99. The predicted molar refractivity (Wildman–Crippen MR) is 52.5 cm³/mol. The van der Waals surface area contributed by atoms with Crippen molar-refractivity contribution in [1.82, 2.24) is 15.3 Å². The van der Waals surface area contributed by atoms with Crippen molar-refractivity contribution in [2.24, 2.45) is 5.41 Å². The number of aliphatic hydroxyl groups is 1. The molecule has 0 atom stereocenters. The molecule has 0 bridgehead atoms. The summed E-state index contributed by atoms with van der Waals surface area (Å²) >= 11 is 0. The van der Waals surface area contributed by atoms with E-state index in [0.717, 1.165) is 31.6 Å². The molecule has 1 heterocycles. The van der Waals surface area contributed by atoms with Crippen LogP contribution in [0.3, 0.4) is 0 Å². The number of hydrogen-bond acceptors (Lipinski definition) is 4. The normalized spacial score (nSPS) is 18.1. The van der Waals surface area contributed by atoms with E-state index < -0.39 is 0 Å². The number of rotatable bonds is 5. The summed E-state index contributed by atoms with van der Waals surface area (Å²) in [4.78, 5) is 7.96. The van der Waals surface area contributed by atoms with Crippen LogP contribution >= 0.6 is 0 Å². The molecule has 4 heteroatoms. The molecule has 2 rings (SSSR count). The van der Waals surface area contributed by atoms with E-state index in [1.54, 1.807) is 12.5 Å². The fourth-order valence-electron chi connectivity index (χ4n) is 1.45. The molecular formula is C10H15N3O. The largest absolute Gasteiger partial charge is 0.396 e. The van der Waals surface area contributed by atoms with Gasteiger partial charge in [-0.25, -0.2) is 9.97 Å². The minimum Gasteiger partial charge on any atom is -0.396 e. The topological polar surface area (TPSA) is 58.0 Å². The van der Waals surface area contributed by atoms with E-state index in [0.29, 0.717) is 6.61 Å². The molecular weight excluding hydrogens is 178 g/mol. The third kappa shape index (κ3) is 2.27. The molecule has 1 fully saturated rings. The standard InChI is InChI=1S/C10H15N3O/c14-7-10(2-3-10)6-12-5-9-1-4-11-8-13-9/h1,4,8,12,14H,2-3,5-7H2. The van der Waals surface area contributed by atoms with Crippen LogP contribution in [0.5, 0.6) is 0 Å². The van der Waals surface area contributed by atoms with E-state index in [1.807, 2.05) is 6.07 Å². The van der Waals surface area contributed by atoms with Crippen LogP contribution in [0.15, 0.2) is 18.6 Å². The monoisotopic (exact) mass is 193 g/mol. The molecule has 0 radical (unpaired) electrons. The molecule has 76 valence electrons. The lowest BCUT2D eigenvalue weighted by Crippen LogP contribution is -2.26. The smallest absolute Gasteiger partial charge is 0.115 e. The Morgan fingerprint density at radius 2 is 2.36 bits per heavy atom. The Hall–Kier alpha value is -1.00. The molecule has 2 N–H and O–H groups in total. The fraction of sp³-hybridized carbons (Fsp3) is 0.600. The summed E-state index contributed by atoms with van der Waals surface area (Å²) in [6, 6.07) is 1.89. The maximum Gasteiger partial charge on any atom is 0.115 e. The Morgan fingerprint density at radius 1 is 1.50 bits per heavy atom. The second-order valence-corrected chi connectivity index (χ2v) is 3.96. The summed E-state index contributed by atoms with van der Waals surface area (Å²) < 4.78 is 0. The van der Waals surface area contributed by atoms with Crippen LogP contribution in [0, 0.1) is 5.41 Å². The van der Waals surface area contributed by atoms with Crippen molar-refractivity contribution >= 4 is 0 Å². The molecule has 0 saturated heterocycles. The number of aromatic nitrogens is 2. The zero-order chi connectivity index (χ0) is 9.86. The molecule has 1 aliphatic carbocycles. The molecule has 0 aromatic carbocycles. The lowest BCUT2D eigenvalue weighted by molar-refractivity contribution is 0.207. The second-order valence-electron chi connectivity index (χ2n) is 3.96. The van der Waals surface area contributed by atoms with Crippen molar-refractivity contribution in [3.05, 3.63) is 24.3 Å². The highest BCUT2D eigenvalue weighted by atomic mass is 16.3. The van der Waals surface area contributed by atoms with Crippen LogP contribution < -0.4 is 5.32 Å². The van der Waals surface area contributed by atoms with Crippen molar-refractivity contribution in [3.8, 4) is 0 Å². The van der Waals surface area contributed by atoms with Crippen LogP contribution in [-0.4, -0.2) is 28.2 Å². The molecule has 0 amide bonds. The zero-order valence-electron chi connectivity index (χ0n) is 8.11. The lowest BCUT2D eigenvalue weighted by Gasteiger charge is -2.11. The third-order valence-electron chi connectivity index (χ3n) is 2.74. The van der Waals surface area contributed by atoms with Crippen molar-refractivity contribution < 1.29 is 5.11 Å². The Balaban J connectivity index is 1.73. The van der Waals surface area contributed by atoms with Gasteiger partial charge in [0.25, 0.3) is 0 Å². The van der Waals surface area contributed by atoms with Gasteiger partial charge < -0.3 is 10.4 Å². The van der Waals surface area contributed by atoms with E-state index in [1.165, 1.54) is 0 Å². The lowest BCUT2D eigenvalue weighted by atomic mass is 10.1. The van der Waals surface area contributed by atoms with E-state index >= 15 is 0 Å². The Bertz CT molecular complexity index is 285. The maximum absolute atomic E-state index is 9.09. The Morgan fingerprint density at radius 3 is 2.93 bits per heavy atom.